The summed E-state index contributed by atoms with van der Waals surface area (Å²) in [6, 6.07) is 25.0. The van der Waals surface area contributed by atoms with Gasteiger partial charge in [0.1, 0.15) is 5.75 Å². The molecule has 0 radical (unpaired) electrons. The summed E-state index contributed by atoms with van der Waals surface area (Å²) >= 11 is 7.85. The second kappa shape index (κ2) is 11.4. The molecule has 4 rings (SSSR count). The van der Waals surface area contributed by atoms with Gasteiger partial charge in [-0.25, -0.2) is 0 Å². The molecule has 0 saturated carbocycles. The molecule has 1 aromatic heterocycles. The number of carbonyl (C=O) groups excluding carboxylic acids is 1. The van der Waals surface area contributed by atoms with Crippen LogP contribution in [0.1, 0.15) is 20.8 Å². The van der Waals surface area contributed by atoms with Crippen LogP contribution < -0.4 is 9.64 Å². The lowest BCUT2D eigenvalue weighted by Gasteiger charge is -2.26. The minimum absolute atomic E-state index is 0.00302. The molecule has 0 N–H and O–H groups in total. The molecule has 0 fully saturated rings. The Kier molecular flexibility index (Phi) is 8.10. The largest absolute Gasteiger partial charge is 0.494 e. The van der Waals surface area contributed by atoms with Gasteiger partial charge in [-0.15, -0.1) is 10.2 Å². The minimum Gasteiger partial charge on any atom is -0.494 e. The number of amides is 1. The van der Waals surface area contributed by atoms with Crippen LogP contribution in [0.15, 0.2) is 84.0 Å². The first kappa shape index (κ1) is 24.8. The number of para-hydroxylation sites is 1. The minimum atomic E-state index is -0.00302. The van der Waals surface area contributed by atoms with E-state index in [4.69, 9.17) is 16.3 Å². The van der Waals surface area contributed by atoms with Crippen LogP contribution in [0.3, 0.4) is 0 Å². The molecular formula is C27H27ClN4O2S. The van der Waals surface area contributed by atoms with E-state index in [1.54, 1.807) is 4.90 Å². The van der Waals surface area contributed by atoms with Crippen molar-refractivity contribution in [2.75, 3.05) is 17.3 Å². The van der Waals surface area contributed by atoms with Gasteiger partial charge >= 0.3 is 0 Å². The number of anilines is 1. The Morgan fingerprint density at radius 1 is 1.00 bits per heavy atom. The molecule has 0 aliphatic heterocycles. The molecule has 0 bridgehead atoms. The Bertz CT molecular complexity index is 1280. The standard InChI is InChI=1S/C27H27ClN4O2S/c1-4-34-22-16-14-21(15-17-22)32-26(23-12-8-9-13-24(23)28)29-30-27(32)35-18-25(33)31(19(2)3)20-10-6-5-7-11-20/h5-17,19H,4,18H2,1-3H3. The quantitative estimate of drug-likeness (QED) is 0.242. The van der Waals surface area contributed by atoms with Gasteiger partial charge in [-0.3, -0.25) is 9.36 Å². The highest BCUT2D eigenvalue weighted by molar-refractivity contribution is 7.99. The zero-order valence-electron chi connectivity index (χ0n) is 19.9. The van der Waals surface area contributed by atoms with Crippen molar-refractivity contribution in [3.8, 4) is 22.8 Å². The number of halogens is 1. The van der Waals surface area contributed by atoms with E-state index in [2.05, 4.69) is 10.2 Å². The van der Waals surface area contributed by atoms with Gasteiger partial charge in [0.15, 0.2) is 11.0 Å². The molecule has 1 amide bonds. The summed E-state index contributed by atoms with van der Waals surface area (Å²) in [5, 5.41) is 10.1. The Balaban J connectivity index is 1.67. The monoisotopic (exact) mass is 506 g/mol. The number of rotatable bonds is 9. The fourth-order valence-corrected chi connectivity index (χ4v) is 4.82. The smallest absolute Gasteiger partial charge is 0.237 e. The van der Waals surface area contributed by atoms with Crippen molar-refractivity contribution >= 4 is 35.0 Å². The van der Waals surface area contributed by atoms with Crippen LogP contribution in [-0.2, 0) is 4.79 Å². The Morgan fingerprint density at radius 2 is 1.69 bits per heavy atom. The van der Waals surface area contributed by atoms with Crippen LogP contribution in [0.5, 0.6) is 5.75 Å². The molecular weight excluding hydrogens is 480 g/mol. The number of hydrogen-bond acceptors (Lipinski definition) is 5. The van der Waals surface area contributed by atoms with E-state index < -0.39 is 0 Å². The van der Waals surface area contributed by atoms with E-state index in [1.165, 1.54) is 11.8 Å². The molecule has 0 aliphatic carbocycles. The second-order valence-electron chi connectivity index (χ2n) is 8.03. The predicted octanol–water partition coefficient (Wildman–Crippen LogP) is 6.52. The first-order valence-electron chi connectivity index (χ1n) is 11.4. The summed E-state index contributed by atoms with van der Waals surface area (Å²) in [4.78, 5) is 15.1. The van der Waals surface area contributed by atoms with Gasteiger partial charge in [-0.1, -0.05) is 53.7 Å². The van der Waals surface area contributed by atoms with Crippen molar-refractivity contribution in [3.63, 3.8) is 0 Å². The predicted molar refractivity (Wildman–Crippen MR) is 143 cm³/mol. The Labute approximate surface area is 214 Å². The fraction of sp³-hybridized carbons (Fsp3) is 0.222. The highest BCUT2D eigenvalue weighted by Gasteiger charge is 2.22. The van der Waals surface area contributed by atoms with Crippen LogP contribution in [0, 0.1) is 0 Å². The third-order valence-corrected chi connectivity index (χ3v) is 6.54. The molecule has 6 nitrogen and oxygen atoms in total. The van der Waals surface area contributed by atoms with Crippen molar-refractivity contribution in [1.82, 2.24) is 14.8 Å². The van der Waals surface area contributed by atoms with Gasteiger partial charge in [-0.05, 0) is 69.3 Å². The van der Waals surface area contributed by atoms with Crippen molar-refractivity contribution in [2.45, 2.75) is 32.0 Å². The summed E-state index contributed by atoms with van der Waals surface area (Å²) in [6.45, 7) is 6.56. The number of ether oxygens (including phenoxy) is 1. The fourth-order valence-electron chi connectivity index (χ4n) is 3.79. The summed E-state index contributed by atoms with van der Waals surface area (Å²) in [5.74, 6) is 1.60. The van der Waals surface area contributed by atoms with E-state index >= 15 is 0 Å². The molecule has 3 aromatic carbocycles. The van der Waals surface area contributed by atoms with Crippen LogP contribution in [0.4, 0.5) is 5.69 Å². The first-order chi connectivity index (χ1) is 17.0. The van der Waals surface area contributed by atoms with Gasteiger partial charge in [0.05, 0.1) is 17.4 Å². The van der Waals surface area contributed by atoms with Gasteiger partial charge in [0.2, 0.25) is 5.91 Å². The summed E-state index contributed by atoms with van der Waals surface area (Å²) in [5.41, 5.74) is 2.49. The normalized spacial score (nSPS) is 11.0. The summed E-state index contributed by atoms with van der Waals surface area (Å²) in [6.07, 6.45) is 0. The average Bonchev–Trinajstić information content (AvgIpc) is 3.28. The number of thioether (sulfide) groups is 1. The van der Waals surface area contributed by atoms with Crippen LogP contribution in [0.25, 0.3) is 17.1 Å². The van der Waals surface area contributed by atoms with Crippen molar-refractivity contribution in [3.05, 3.63) is 83.9 Å². The molecule has 8 heteroatoms. The lowest BCUT2D eigenvalue weighted by Crippen LogP contribution is -2.38. The molecule has 180 valence electrons. The lowest BCUT2D eigenvalue weighted by atomic mass is 10.2. The molecule has 0 aliphatic rings. The maximum Gasteiger partial charge on any atom is 0.237 e. The molecule has 0 spiro atoms. The number of carbonyl (C=O) groups is 1. The number of hydrogen-bond donors (Lipinski definition) is 0. The Morgan fingerprint density at radius 3 is 2.34 bits per heavy atom. The number of nitrogens with zero attached hydrogens (tertiary/aromatic N) is 4. The average molecular weight is 507 g/mol. The SMILES string of the molecule is CCOc1ccc(-n2c(SCC(=O)N(c3ccccc3)C(C)C)nnc2-c2ccccc2Cl)cc1. The van der Waals surface area contributed by atoms with Crippen molar-refractivity contribution in [2.24, 2.45) is 0 Å². The highest BCUT2D eigenvalue weighted by atomic mass is 35.5. The van der Waals surface area contributed by atoms with Gasteiger partial charge in [0, 0.05) is 23.0 Å². The van der Waals surface area contributed by atoms with E-state index in [0.717, 1.165) is 22.7 Å². The van der Waals surface area contributed by atoms with Crippen molar-refractivity contribution in [1.29, 1.82) is 0 Å². The zero-order chi connectivity index (χ0) is 24.8. The van der Waals surface area contributed by atoms with E-state index in [1.807, 2.05) is 104 Å². The molecule has 1 heterocycles. The molecule has 0 atom stereocenters. The van der Waals surface area contributed by atoms with Crippen LogP contribution >= 0.6 is 23.4 Å². The summed E-state index contributed by atoms with van der Waals surface area (Å²) < 4.78 is 7.52. The first-order valence-corrected chi connectivity index (χ1v) is 12.8. The van der Waals surface area contributed by atoms with E-state index in [0.29, 0.717) is 22.6 Å². The van der Waals surface area contributed by atoms with Crippen molar-refractivity contribution < 1.29 is 9.53 Å². The maximum atomic E-state index is 13.3. The Hall–Kier alpha value is -3.29. The van der Waals surface area contributed by atoms with Gasteiger partial charge in [-0.2, -0.15) is 0 Å². The number of aromatic nitrogens is 3. The van der Waals surface area contributed by atoms with E-state index in [9.17, 15) is 4.79 Å². The number of benzene rings is 3. The molecule has 0 saturated heterocycles. The third kappa shape index (κ3) is 5.69. The lowest BCUT2D eigenvalue weighted by molar-refractivity contribution is -0.116. The highest BCUT2D eigenvalue weighted by Crippen LogP contribution is 2.33. The molecule has 35 heavy (non-hydrogen) atoms. The zero-order valence-corrected chi connectivity index (χ0v) is 21.5. The van der Waals surface area contributed by atoms with Crippen LogP contribution in [-0.4, -0.2) is 39.1 Å². The van der Waals surface area contributed by atoms with E-state index in [-0.39, 0.29) is 17.7 Å². The maximum absolute atomic E-state index is 13.3. The summed E-state index contributed by atoms with van der Waals surface area (Å²) in [7, 11) is 0. The molecule has 0 unspecified atom stereocenters. The third-order valence-electron chi connectivity index (χ3n) is 5.30. The molecule has 4 aromatic rings. The van der Waals surface area contributed by atoms with Gasteiger partial charge in [0.25, 0.3) is 0 Å². The second-order valence-corrected chi connectivity index (χ2v) is 9.38. The van der Waals surface area contributed by atoms with Gasteiger partial charge < -0.3 is 9.64 Å². The topological polar surface area (TPSA) is 60.2 Å². The van der Waals surface area contributed by atoms with Crippen LogP contribution in [0.2, 0.25) is 5.02 Å².